The summed E-state index contributed by atoms with van der Waals surface area (Å²) in [5.74, 6) is 0.144. The summed E-state index contributed by atoms with van der Waals surface area (Å²) in [6.07, 6.45) is 4.17. The molecule has 2 aromatic heterocycles. The van der Waals surface area contributed by atoms with E-state index in [4.69, 9.17) is 33.8 Å². The van der Waals surface area contributed by atoms with Gasteiger partial charge in [-0.05, 0) is 111 Å². The van der Waals surface area contributed by atoms with Crippen LogP contribution in [-0.4, -0.2) is 89.4 Å². The van der Waals surface area contributed by atoms with E-state index in [2.05, 4.69) is 53.6 Å². The van der Waals surface area contributed by atoms with Crippen molar-refractivity contribution in [1.29, 1.82) is 0 Å². The minimum Gasteiger partial charge on any atom is -0.486 e. The molecule has 8 aromatic rings. The van der Waals surface area contributed by atoms with Crippen LogP contribution in [0.3, 0.4) is 0 Å². The number of aromatic nitrogens is 3. The molecule has 1 aliphatic carbocycles. The Morgan fingerprint density at radius 3 is 1.97 bits per heavy atom. The van der Waals surface area contributed by atoms with Gasteiger partial charge in [0.15, 0.2) is 5.75 Å². The molecule has 3 aliphatic rings. The Kier molecular flexibility index (Phi) is 13.1. The number of carbonyl (C=O) groups excluding carboxylic acids is 2. The molecular weight excluding hydrogens is 946 g/mol. The Morgan fingerprint density at radius 1 is 0.773 bits per heavy atom. The first-order valence-electron chi connectivity index (χ1n) is 25.8. The Bertz CT molecular complexity index is 3320. The fraction of sp³-hybridized carbons (Fsp3) is 0.323. The molecule has 2 saturated heterocycles. The first-order valence-corrected chi connectivity index (χ1v) is 25.8. The fourth-order valence-electron chi connectivity index (χ4n) is 11.2. The summed E-state index contributed by atoms with van der Waals surface area (Å²) in [4.78, 5) is 35.6. The number of methoxy groups -OCH3 is 2. The van der Waals surface area contributed by atoms with E-state index >= 15 is 4.39 Å². The number of fused-ring (bicyclic) bond motifs is 4. The van der Waals surface area contributed by atoms with Crippen molar-refractivity contribution in [3.63, 3.8) is 0 Å². The largest absolute Gasteiger partial charge is 0.486 e. The van der Waals surface area contributed by atoms with E-state index in [9.17, 15) is 9.59 Å². The lowest BCUT2D eigenvalue weighted by atomic mass is 9.77. The molecule has 3 atom stereocenters. The number of rotatable bonds is 15. The van der Waals surface area contributed by atoms with Crippen molar-refractivity contribution in [3.8, 4) is 22.8 Å². The maximum Gasteiger partial charge on any atom is 0.410 e. The SMILES string of the molecule is COC(=O)c1ccc(COc2c(-c3c(C)c(F)cc4nn(C(c5ccccc5)(c5ccccc5)c5ccccc5)cc34)c(C3CC3)cc3c(N4C[C@@H]5C[C@H]4CN5C(=O)OC(C)(C)C)cc(OC[C@H](C)OC)nc23)cc1. The molecule has 4 heterocycles. The molecule has 13 heteroatoms. The molecule has 0 spiro atoms. The first-order chi connectivity index (χ1) is 36.2. The van der Waals surface area contributed by atoms with Crippen LogP contribution in [0.4, 0.5) is 14.9 Å². The third-order valence-corrected chi connectivity index (χ3v) is 15.0. The van der Waals surface area contributed by atoms with Gasteiger partial charge >= 0.3 is 12.1 Å². The van der Waals surface area contributed by atoms with Gasteiger partial charge in [-0.15, -0.1) is 0 Å². The van der Waals surface area contributed by atoms with Crippen molar-refractivity contribution in [1.82, 2.24) is 19.7 Å². The van der Waals surface area contributed by atoms with E-state index in [0.29, 0.717) is 52.4 Å². The minimum absolute atomic E-state index is 0.00403. The average molecular weight is 1010 g/mol. The van der Waals surface area contributed by atoms with Gasteiger partial charge in [-0.3, -0.25) is 4.68 Å². The van der Waals surface area contributed by atoms with E-state index in [1.165, 1.54) is 7.11 Å². The van der Waals surface area contributed by atoms with Crippen molar-refractivity contribution in [2.24, 2.45) is 0 Å². The molecule has 384 valence electrons. The molecule has 2 bridgehead atoms. The first kappa shape index (κ1) is 49.4. The lowest BCUT2D eigenvalue weighted by Gasteiger charge is -2.37. The number of amides is 1. The summed E-state index contributed by atoms with van der Waals surface area (Å²) in [7, 11) is 3.01. The number of pyridine rings is 1. The molecule has 11 rings (SSSR count). The number of anilines is 1. The van der Waals surface area contributed by atoms with E-state index in [1.807, 2.05) is 117 Å². The maximum absolute atomic E-state index is 17.2. The summed E-state index contributed by atoms with van der Waals surface area (Å²) in [5.41, 5.74) is 7.36. The zero-order valence-electron chi connectivity index (χ0n) is 43.5. The van der Waals surface area contributed by atoms with Crippen LogP contribution in [0.2, 0.25) is 0 Å². The Morgan fingerprint density at radius 2 is 1.41 bits per heavy atom. The van der Waals surface area contributed by atoms with Gasteiger partial charge in [0.1, 0.15) is 35.7 Å². The van der Waals surface area contributed by atoms with Gasteiger partial charge in [-0.1, -0.05) is 103 Å². The summed E-state index contributed by atoms with van der Waals surface area (Å²) >= 11 is 0. The highest BCUT2D eigenvalue weighted by molar-refractivity contribution is 6.07. The van der Waals surface area contributed by atoms with Crippen LogP contribution in [0.1, 0.15) is 96.6 Å². The Labute approximate surface area is 436 Å². The van der Waals surface area contributed by atoms with Gasteiger partial charge in [0.25, 0.3) is 0 Å². The molecule has 1 saturated carbocycles. The van der Waals surface area contributed by atoms with Crippen LogP contribution in [0.15, 0.2) is 140 Å². The van der Waals surface area contributed by atoms with Crippen LogP contribution in [0.25, 0.3) is 32.9 Å². The summed E-state index contributed by atoms with van der Waals surface area (Å²) < 4.78 is 49.5. The fourth-order valence-corrected chi connectivity index (χ4v) is 11.2. The van der Waals surface area contributed by atoms with Crippen molar-refractivity contribution < 1.29 is 37.7 Å². The van der Waals surface area contributed by atoms with Crippen molar-refractivity contribution in [2.45, 2.75) is 95.7 Å². The van der Waals surface area contributed by atoms with Gasteiger partial charge in [0, 0.05) is 66.5 Å². The van der Waals surface area contributed by atoms with Crippen LogP contribution in [0.5, 0.6) is 11.6 Å². The number of benzene rings is 6. The number of hydrogen-bond acceptors (Lipinski definition) is 10. The predicted molar refractivity (Wildman–Crippen MR) is 288 cm³/mol. The lowest BCUT2D eigenvalue weighted by molar-refractivity contribution is 0.0214. The van der Waals surface area contributed by atoms with Gasteiger partial charge < -0.3 is 33.5 Å². The topological polar surface area (TPSA) is 117 Å². The number of ether oxygens (including phenoxy) is 5. The van der Waals surface area contributed by atoms with E-state index in [0.717, 1.165) is 69.1 Å². The van der Waals surface area contributed by atoms with Crippen LogP contribution >= 0.6 is 0 Å². The highest BCUT2D eigenvalue weighted by Crippen LogP contribution is 2.55. The molecular formula is C62H62FN5O7. The molecule has 75 heavy (non-hydrogen) atoms. The highest BCUT2D eigenvalue weighted by atomic mass is 19.1. The molecule has 12 nitrogen and oxygen atoms in total. The molecule has 3 fully saturated rings. The van der Waals surface area contributed by atoms with Gasteiger partial charge in [-0.2, -0.15) is 5.10 Å². The van der Waals surface area contributed by atoms with Gasteiger partial charge in [-0.25, -0.2) is 19.0 Å². The second-order valence-electron chi connectivity index (χ2n) is 21.2. The number of halogens is 1. The Balaban J connectivity index is 1.16. The van der Waals surface area contributed by atoms with Crippen molar-refractivity contribution >= 4 is 39.6 Å². The number of likely N-dealkylation sites (tertiary alicyclic amines) is 1. The Hall–Kier alpha value is -7.77. The minimum atomic E-state index is -0.973. The van der Waals surface area contributed by atoms with E-state index in [1.54, 1.807) is 25.3 Å². The second kappa shape index (κ2) is 19.8. The van der Waals surface area contributed by atoms with Crippen molar-refractivity contribution in [3.05, 3.63) is 184 Å². The lowest BCUT2D eigenvalue weighted by Crippen LogP contribution is -2.50. The smallest absolute Gasteiger partial charge is 0.410 e. The summed E-state index contributed by atoms with van der Waals surface area (Å²) in [6.45, 7) is 10.8. The highest BCUT2D eigenvalue weighted by Gasteiger charge is 2.48. The normalized spacial score (nSPS) is 16.9. The number of carbonyl (C=O) groups is 2. The molecule has 2 aliphatic heterocycles. The monoisotopic (exact) mass is 1010 g/mol. The van der Waals surface area contributed by atoms with E-state index in [-0.39, 0.29) is 43.4 Å². The van der Waals surface area contributed by atoms with Crippen molar-refractivity contribution in [2.75, 3.05) is 38.8 Å². The van der Waals surface area contributed by atoms with Gasteiger partial charge in [0.2, 0.25) is 5.88 Å². The molecule has 0 unspecified atom stereocenters. The molecule has 0 N–H and O–H groups in total. The quantitative estimate of drug-likeness (QED) is 0.0726. The number of nitrogens with zero attached hydrogens (tertiary/aromatic N) is 5. The number of hydrogen-bond donors (Lipinski definition) is 0. The third kappa shape index (κ3) is 9.21. The van der Waals surface area contributed by atoms with E-state index < -0.39 is 22.9 Å². The number of esters is 1. The molecule has 6 aromatic carbocycles. The zero-order chi connectivity index (χ0) is 52.2. The average Bonchev–Trinajstić information content (AvgIpc) is 3.87. The summed E-state index contributed by atoms with van der Waals surface area (Å²) in [6, 6.07) is 43.8. The second-order valence-corrected chi connectivity index (χ2v) is 21.2. The zero-order valence-corrected chi connectivity index (χ0v) is 43.5. The van der Waals surface area contributed by atoms with Crippen LogP contribution < -0.4 is 14.4 Å². The maximum atomic E-state index is 17.2. The van der Waals surface area contributed by atoms with Gasteiger partial charge in [0.05, 0.1) is 36.0 Å². The summed E-state index contributed by atoms with van der Waals surface area (Å²) in [5, 5.41) is 7.01. The molecule has 1 amide bonds. The predicted octanol–water partition coefficient (Wildman–Crippen LogP) is 12.4. The third-order valence-electron chi connectivity index (χ3n) is 15.0. The van der Waals surface area contributed by atoms with Crippen LogP contribution in [0, 0.1) is 12.7 Å². The standard InChI is InChI=1S/C62H62FN5O7/c1-38(71-6)36-73-54-32-53(66-33-47-29-46(66)34-67(47)60(70)75-61(3,4)5)49-30-48(41-27-28-41)56(58(57(49)64-54)74-37-40-23-25-42(26-24-40)59(69)72-7)55-39(2)51(63)31-52-50(55)35-68(65-52)62(43-17-11-8-12-18-43,44-19-13-9-14-20-44)45-21-15-10-16-22-45/h8-26,30-32,35,38,41,46-47H,27-29,33-34,36-37H2,1-7H3/t38-,46-,47-/m0/s1. The molecule has 0 radical (unpaired) electrons. The number of piperazine rings is 1. The van der Waals surface area contributed by atoms with Crippen LogP contribution in [-0.2, 0) is 26.4 Å².